The fourth-order valence-electron chi connectivity index (χ4n) is 3.03. The number of hydrogen-bond acceptors (Lipinski definition) is 3. The number of nitrogens with zero attached hydrogens (tertiary/aromatic N) is 1. The normalized spacial score (nSPS) is 28.4. The van der Waals surface area contributed by atoms with Crippen molar-refractivity contribution >= 4 is 11.8 Å². The van der Waals surface area contributed by atoms with Crippen LogP contribution in [0.3, 0.4) is 0 Å². The lowest BCUT2D eigenvalue weighted by Gasteiger charge is -2.42. The summed E-state index contributed by atoms with van der Waals surface area (Å²) < 4.78 is 5.33. The van der Waals surface area contributed by atoms with Gasteiger partial charge in [0.05, 0.1) is 12.8 Å². The minimum absolute atomic E-state index is 0.0404. The van der Waals surface area contributed by atoms with Gasteiger partial charge in [0.2, 0.25) is 11.8 Å². The number of carbonyl (C=O) groups excluding carboxylic acids is 2. The van der Waals surface area contributed by atoms with E-state index in [1.807, 2.05) is 26.0 Å². The zero-order valence-corrected chi connectivity index (χ0v) is 11.9. The predicted octanol–water partition coefficient (Wildman–Crippen LogP) is 1.34. The van der Waals surface area contributed by atoms with Gasteiger partial charge in [0.15, 0.2) is 0 Å². The monoisotopic (exact) mass is 276 g/mol. The maximum absolute atomic E-state index is 12.7. The van der Waals surface area contributed by atoms with Gasteiger partial charge in [-0.25, -0.2) is 0 Å². The number of rotatable bonds is 4. The number of furan rings is 1. The largest absolute Gasteiger partial charge is 0.469 e. The fourth-order valence-corrected chi connectivity index (χ4v) is 3.03. The summed E-state index contributed by atoms with van der Waals surface area (Å²) in [5.41, 5.74) is -0.716. The predicted molar refractivity (Wildman–Crippen MR) is 72.9 cm³/mol. The topological polar surface area (TPSA) is 62.6 Å². The SMILES string of the molecule is CC(Cc1ccco1)N1CC(=O)NC(C)(C2CC2)C1=O. The second-order valence-electron chi connectivity index (χ2n) is 6.09. The molecular formula is C15H20N2O3. The van der Waals surface area contributed by atoms with E-state index in [1.165, 1.54) is 0 Å². The van der Waals surface area contributed by atoms with Crippen LogP contribution in [0.25, 0.3) is 0 Å². The van der Waals surface area contributed by atoms with Gasteiger partial charge < -0.3 is 14.6 Å². The van der Waals surface area contributed by atoms with Gasteiger partial charge in [-0.1, -0.05) is 0 Å². The van der Waals surface area contributed by atoms with E-state index in [-0.39, 0.29) is 30.3 Å². The minimum atomic E-state index is -0.716. The zero-order valence-electron chi connectivity index (χ0n) is 11.9. The molecule has 20 heavy (non-hydrogen) atoms. The van der Waals surface area contributed by atoms with Crippen LogP contribution >= 0.6 is 0 Å². The van der Waals surface area contributed by atoms with Crippen molar-refractivity contribution < 1.29 is 14.0 Å². The quantitative estimate of drug-likeness (QED) is 0.902. The van der Waals surface area contributed by atoms with E-state index in [1.54, 1.807) is 11.2 Å². The molecule has 1 saturated heterocycles. The summed E-state index contributed by atoms with van der Waals surface area (Å²) >= 11 is 0. The second kappa shape index (κ2) is 4.65. The molecule has 2 heterocycles. The van der Waals surface area contributed by atoms with E-state index >= 15 is 0 Å². The van der Waals surface area contributed by atoms with E-state index in [4.69, 9.17) is 4.42 Å². The lowest BCUT2D eigenvalue weighted by Crippen LogP contribution is -2.68. The van der Waals surface area contributed by atoms with E-state index in [0.717, 1.165) is 18.6 Å². The maximum atomic E-state index is 12.7. The summed E-state index contributed by atoms with van der Waals surface area (Å²) in [5, 5.41) is 2.89. The standard InChI is InChI=1S/C15H20N2O3/c1-10(8-12-4-3-7-20-12)17-9-13(18)16-15(2,14(17)19)11-5-6-11/h3-4,7,10-11H,5-6,8-9H2,1-2H3,(H,16,18). The molecule has 1 saturated carbocycles. The molecule has 5 nitrogen and oxygen atoms in total. The summed E-state index contributed by atoms with van der Waals surface area (Å²) in [6, 6.07) is 3.68. The highest BCUT2D eigenvalue weighted by Gasteiger charge is 2.53. The Hall–Kier alpha value is -1.78. The average molecular weight is 276 g/mol. The van der Waals surface area contributed by atoms with Crippen LogP contribution in [0.4, 0.5) is 0 Å². The van der Waals surface area contributed by atoms with Gasteiger partial charge in [0.25, 0.3) is 0 Å². The van der Waals surface area contributed by atoms with Gasteiger partial charge >= 0.3 is 0 Å². The Morgan fingerprint density at radius 1 is 1.50 bits per heavy atom. The smallest absolute Gasteiger partial charge is 0.249 e. The first-order valence-electron chi connectivity index (χ1n) is 7.15. The zero-order chi connectivity index (χ0) is 14.3. The number of nitrogens with one attached hydrogen (secondary N) is 1. The van der Waals surface area contributed by atoms with Crippen LogP contribution in [-0.4, -0.2) is 34.8 Å². The number of carbonyl (C=O) groups is 2. The molecule has 1 N–H and O–H groups in total. The molecule has 108 valence electrons. The Morgan fingerprint density at radius 3 is 2.85 bits per heavy atom. The third kappa shape index (κ3) is 2.21. The molecule has 0 radical (unpaired) electrons. The first-order chi connectivity index (χ1) is 9.50. The third-order valence-electron chi connectivity index (χ3n) is 4.42. The molecule has 1 aromatic heterocycles. The Labute approximate surface area is 118 Å². The first kappa shape index (κ1) is 13.2. The van der Waals surface area contributed by atoms with Gasteiger partial charge in [0.1, 0.15) is 11.3 Å². The molecule has 1 aliphatic heterocycles. The average Bonchev–Trinajstić information content (AvgIpc) is 3.14. The summed E-state index contributed by atoms with van der Waals surface area (Å²) in [4.78, 5) is 26.4. The fraction of sp³-hybridized carbons (Fsp3) is 0.600. The van der Waals surface area contributed by atoms with Crippen molar-refractivity contribution in [3.8, 4) is 0 Å². The van der Waals surface area contributed by atoms with Crippen molar-refractivity contribution in [3.63, 3.8) is 0 Å². The molecule has 2 fully saturated rings. The van der Waals surface area contributed by atoms with E-state index < -0.39 is 5.54 Å². The molecule has 2 amide bonds. The molecule has 0 bridgehead atoms. The lowest BCUT2D eigenvalue weighted by molar-refractivity contribution is -0.152. The van der Waals surface area contributed by atoms with E-state index in [9.17, 15) is 9.59 Å². The van der Waals surface area contributed by atoms with Gasteiger partial charge in [-0.3, -0.25) is 9.59 Å². The highest BCUT2D eigenvalue weighted by atomic mass is 16.3. The van der Waals surface area contributed by atoms with E-state index in [0.29, 0.717) is 6.42 Å². The van der Waals surface area contributed by atoms with Crippen molar-refractivity contribution in [2.45, 2.75) is 44.7 Å². The molecule has 3 rings (SSSR count). The summed E-state index contributed by atoms with van der Waals surface area (Å²) in [6.07, 6.45) is 4.29. The van der Waals surface area contributed by atoms with Crippen LogP contribution in [0.15, 0.2) is 22.8 Å². The Balaban J connectivity index is 1.77. The highest BCUT2D eigenvalue weighted by Crippen LogP contribution is 2.41. The summed E-state index contributed by atoms with van der Waals surface area (Å²) in [5.74, 6) is 1.10. The van der Waals surface area contributed by atoms with Crippen LogP contribution in [0, 0.1) is 5.92 Å². The molecule has 2 unspecified atom stereocenters. The lowest BCUT2D eigenvalue weighted by atomic mass is 9.90. The minimum Gasteiger partial charge on any atom is -0.469 e. The molecule has 1 aliphatic carbocycles. The van der Waals surface area contributed by atoms with Gasteiger partial charge in [-0.15, -0.1) is 0 Å². The molecule has 2 atom stereocenters. The van der Waals surface area contributed by atoms with Crippen LogP contribution in [0.5, 0.6) is 0 Å². The highest BCUT2D eigenvalue weighted by molar-refractivity contribution is 5.98. The van der Waals surface area contributed by atoms with Crippen molar-refractivity contribution in [2.24, 2.45) is 5.92 Å². The van der Waals surface area contributed by atoms with Crippen LogP contribution < -0.4 is 5.32 Å². The number of piperazine rings is 1. The molecule has 2 aliphatic rings. The Morgan fingerprint density at radius 2 is 2.25 bits per heavy atom. The first-order valence-corrected chi connectivity index (χ1v) is 7.15. The molecular weight excluding hydrogens is 256 g/mol. The molecule has 0 aromatic carbocycles. The summed E-state index contributed by atoms with van der Waals surface area (Å²) in [6.45, 7) is 3.96. The van der Waals surface area contributed by atoms with Gasteiger partial charge in [0, 0.05) is 12.5 Å². The summed E-state index contributed by atoms with van der Waals surface area (Å²) in [7, 11) is 0. The second-order valence-corrected chi connectivity index (χ2v) is 6.09. The van der Waals surface area contributed by atoms with Gasteiger partial charge in [-0.2, -0.15) is 0 Å². The van der Waals surface area contributed by atoms with Crippen LogP contribution in [0.2, 0.25) is 0 Å². The van der Waals surface area contributed by atoms with Crippen molar-refractivity contribution in [3.05, 3.63) is 24.2 Å². The third-order valence-corrected chi connectivity index (χ3v) is 4.42. The molecule has 0 spiro atoms. The maximum Gasteiger partial charge on any atom is 0.249 e. The van der Waals surface area contributed by atoms with Crippen molar-refractivity contribution in [2.75, 3.05) is 6.54 Å². The van der Waals surface area contributed by atoms with Crippen LogP contribution in [-0.2, 0) is 16.0 Å². The van der Waals surface area contributed by atoms with E-state index in [2.05, 4.69) is 5.32 Å². The van der Waals surface area contributed by atoms with Crippen molar-refractivity contribution in [1.82, 2.24) is 10.2 Å². The Kier molecular flexibility index (Phi) is 3.07. The van der Waals surface area contributed by atoms with Crippen molar-refractivity contribution in [1.29, 1.82) is 0 Å². The number of amides is 2. The van der Waals surface area contributed by atoms with Crippen LogP contribution in [0.1, 0.15) is 32.4 Å². The number of hydrogen-bond donors (Lipinski definition) is 1. The van der Waals surface area contributed by atoms with Gasteiger partial charge in [-0.05, 0) is 44.7 Å². The molecule has 5 heteroatoms. The Bertz CT molecular complexity index is 521. The molecule has 1 aromatic rings.